The molecule has 0 saturated carbocycles. The van der Waals surface area contributed by atoms with Gasteiger partial charge in [0.2, 0.25) is 5.91 Å². The number of hydrogen-bond donors (Lipinski definition) is 0. The molecule has 0 radical (unpaired) electrons. The minimum atomic E-state index is -0.0329. The van der Waals surface area contributed by atoms with Crippen LogP contribution in [-0.4, -0.2) is 29.7 Å². The van der Waals surface area contributed by atoms with Gasteiger partial charge < -0.3 is 4.90 Å². The number of hydrogen-bond acceptors (Lipinski definition) is 2. The van der Waals surface area contributed by atoms with Gasteiger partial charge in [0.25, 0.3) is 0 Å². The molecule has 1 aliphatic heterocycles. The van der Waals surface area contributed by atoms with Crippen molar-refractivity contribution in [2.24, 2.45) is 11.8 Å². The van der Waals surface area contributed by atoms with Gasteiger partial charge >= 0.3 is 0 Å². The van der Waals surface area contributed by atoms with E-state index in [-0.39, 0.29) is 18.2 Å². The highest BCUT2D eigenvalue weighted by Gasteiger charge is 2.32. The second-order valence-corrected chi connectivity index (χ2v) is 5.85. The van der Waals surface area contributed by atoms with Crippen molar-refractivity contribution in [2.45, 2.75) is 20.3 Å². The number of benzene rings is 1. The highest BCUT2D eigenvalue weighted by molar-refractivity contribution is 6.30. The van der Waals surface area contributed by atoms with Crippen molar-refractivity contribution in [3.8, 4) is 0 Å². The summed E-state index contributed by atoms with van der Waals surface area (Å²) in [7, 11) is 0. The predicted molar refractivity (Wildman–Crippen MR) is 75.3 cm³/mol. The molecular weight excluding hydrogens is 262 g/mol. The molecule has 1 heterocycles. The summed E-state index contributed by atoms with van der Waals surface area (Å²) in [5.74, 6) is 0.889. The SMILES string of the molecule is CC(C)C1CC(=O)N(CC(=O)c2ccc(Cl)cc2)C1. The summed E-state index contributed by atoms with van der Waals surface area (Å²) < 4.78 is 0. The molecule has 3 nitrogen and oxygen atoms in total. The fraction of sp³-hybridized carbons (Fsp3) is 0.467. The molecule has 1 aromatic rings. The van der Waals surface area contributed by atoms with E-state index in [1.54, 1.807) is 29.2 Å². The number of rotatable bonds is 4. The highest BCUT2D eigenvalue weighted by atomic mass is 35.5. The largest absolute Gasteiger partial charge is 0.335 e. The number of nitrogens with zero attached hydrogens (tertiary/aromatic N) is 1. The van der Waals surface area contributed by atoms with Gasteiger partial charge in [-0.05, 0) is 36.1 Å². The predicted octanol–water partition coefficient (Wildman–Crippen LogP) is 3.03. The average molecular weight is 280 g/mol. The maximum absolute atomic E-state index is 12.1. The van der Waals surface area contributed by atoms with Crippen molar-refractivity contribution < 1.29 is 9.59 Å². The minimum absolute atomic E-state index is 0.0329. The Bertz CT molecular complexity index is 481. The fourth-order valence-corrected chi connectivity index (χ4v) is 2.43. The maximum Gasteiger partial charge on any atom is 0.223 e. The lowest BCUT2D eigenvalue weighted by molar-refractivity contribution is -0.127. The summed E-state index contributed by atoms with van der Waals surface area (Å²) in [6, 6.07) is 6.78. The molecular formula is C15H18ClNO2. The summed E-state index contributed by atoms with van der Waals surface area (Å²) in [5.41, 5.74) is 0.602. The van der Waals surface area contributed by atoms with Crippen LogP contribution in [0.4, 0.5) is 0 Å². The van der Waals surface area contributed by atoms with E-state index in [0.717, 1.165) is 0 Å². The van der Waals surface area contributed by atoms with E-state index in [4.69, 9.17) is 11.6 Å². The van der Waals surface area contributed by atoms with Crippen molar-refractivity contribution in [1.29, 1.82) is 0 Å². The quantitative estimate of drug-likeness (QED) is 0.795. The molecule has 2 rings (SSSR count). The summed E-state index contributed by atoms with van der Waals surface area (Å²) in [6.45, 7) is 5.09. The Labute approximate surface area is 118 Å². The Morgan fingerprint density at radius 1 is 1.37 bits per heavy atom. The first-order valence-electron chi connectivity index (χ1n) is 6.54. The lowest BCUT2D eigenvalue weighted by atomic mass is 9.95. The van der Waals surface area contributed by atoms with Crippen LogP contribution in [0.1, 0.15) is 30.6 Å². The van der Waals surface area contributed by atoms with Crippen LogP contribution in [0.2, 0.25) is 5.02 Å². The van der Waals surface area contributed by atoms with Crippen molar-refractivity contribution in [1.82, 2.24) is 4.90 Å². The monoisotopic (exact) mass is 279 g/mol. The number of amides is 1. The standard InChI is InChI=1S/C15H18ClNO2/c1-10(2)12-7-15(19)17(8-12)9-14(18)11-3-5-13(16)6-4-11/h3-6,10,12H,7-9H2,1-2H3. The molecule has 1 fully saturated rings. The average Bonchev–Trinajstić information content (AvgIpc) is 2.72. The van der Waals surface area contributed by atoms with E-state index >= 15 is 0 Å². The van der Waals surface area contributed by atoms with Crippen LogP contribution in [0, 0.1) is 11.8 Å². The number of Topliss-reactive ketones (excluding diaryl/α,β-unsaturated/α-hetero) is 1. The van der Waals surface area contributed by atoms with Crippen LogP contribution in [0.15, 0.2) is 24.3 Å². The maximum atomic E-state index is 12.1. The van der Waals surface area contributed by atoms with E-state index in [0.29, 0.717) is 35.4 Å². The molecule has 0 N–H and O–H groups in total. The first-order valence-corrected chi connectivity index (χ1v) is 6.91. The highest BCUT2D eigenvalue weighted by Crippen LogP contribution is 2.24. The third-order valence-corrected chi connectivity index (χ3v) is 3.94. The van der Waals surface area contributed by atoms with Gasteiger partial charge in [-0.1, -0.05) is 25.4 Å². The number of halogens is 1. The molecule has 1 amide bonds. The third-order valence-electron chi connectivity index (χ3n) is 3.69. The molecule has 4 heteroatoms. The van der Waals surface area contributed by atoms with E-state index in [2.05, 4.69) is 13.8 Å². The summed E-state index contributed by atoms with van der Waals surface area (Å²) >= 11 is 5.79. The van der Waals surface area contributed by atoms with Crippen molar-refractivity contribution in [2.75, 3.05) is 13.1 Å². The Morgan fingerprint density at radius 3 is 2.53 bits per heavy atom. The molecule has 0 aliphatic carbocycles. The van der Waals surface area contributed by atoms with E-state index in [1.807, 2.05) is 0 Å². The topological polar surface area (TPSA) is 37.4 Å². The number of likely N-dealkylation sites (tertiary alicyclic amines) is 1. The summed E-state index contributed by atoms with van der Waals surface area (Å²) in [6.07, 6.45) is 0.561. The zero-order chi connectivity index (χ0) is 14.0. The van der Waals surface area contributed by atoms with E-state index in [1.165, 1.54) is 0 Å². The molecule has 1 aromatic carbocycles. The van der Waals surface area contributed by atoms with Gasteiger partial charge in [-0.3, -0.25) is 9.59 Å². The second-order valence-electron chi connectivity index (χ2n) is 5.41. The lowest BCUT2D eigenvalue weighted by Crippen LogP contribution is -2.31. The Kier molecular flexibility index (Phi) is 4.25. The van der Waals surface area contributed by atoms with Crippen LogP contribution in [0.5, 0.6) is 0 Å². The summed E-state index contributed by atoms with van der Waals surface area (Å²) in [4.78, 5) is 25.6. The smallest absolute Gasteiger partial charge is 0.223 e. The van der Waals surface area contributed by atoms with E-state index < -0.39 is 0 Å². The molecule has 1 saturated heterocycles. The first kappa shape index (κ1) is 14.1. The van der Waals surface area contributed by atoms with Gasteiger partial charge in [0.05, 0.1) is 6.54 Å². The molecule has 102 valence electrons. The Balaban J connectivity index is 2.00. The molecule has 0 bridgehead atoms. The van der Waals surface area contributed by atoms with Gasteiger partial charge in [0.15, 0.2) is 5.78 Å². The molecule has 0 aromatic heterocycles. The molecule has 1 atom stereocenters. The van der Waals surface area contributed by atoms with Crippen LogP contribution in [0.25, 0.3) is 0 Å². The number of carbonyl (C=O) groups is 2. The van der Waals surface area contributed by atoms with Crippen LogP contribution >= 0.6 is 11.6 Å². The second kappa shape index (κ2) is 5.74. The normalized spacial score (nSPS) is 19.3. The van der Waals surface area contributed by atoms with Crippen molar-refractivity contribution in [3.05, 3.63) is 34.9 Å². The van der Waals surface area contributed by atoms with Crippen LogP contribution in [0.3, 0.4) is 0 Å². The van der Waals surface area contributed by atoms with Gasteiger partial charge in [-0.25, -0.2) is 0 Å². The van der Waals surface area contributed by atoms with Crippen molar-refractivity contribution in [3.63, 3.8) is 0 Å². The molecule has 1 unspecified atom stereocenters. The van der Waals surface area contributed by atoms with Gasteiger partial charge in [0, 0.05) is 23.6 Å². The third kappa shape index (κ3) is 3.35. The Morgan fingerprint density at radius 2 is 2.00 bits per heavy atom. The number of ketones is 1. The molecule has 19 heavy (non-hydrogen) atoms. The van der Waals surface area contributed by atoms with Gasteiger partial charge in [0.1, 0.15) is 0 Å². The number of carbonyl (C=O) groups excluding carboxylic acids is 2. The zero-order valence-corrected chi connectivity index (χ0v) is 12.0. The first-order chi connectivity index (χ1) is 8.97. The summed E-state index contributed by atoms with van der Waals surface area (Å²) in [5, 5.41) is 0.605. The Hall–Kier alpha value is -1.35. The van der Waals surface area contributed by atoms with Gasteiger partial charge in [-0.15, -0.1) is 0 Å². The van der Waals surface area contributed by atoms with Crippen molar-refractivity contribution >= 4 is 23.3 Å². The minimum Gasteiger partial charge on any atom is -0.335 e. The molecule has 1 aliphatic rings. The van der Waals surface area contributed by atoms with Crippen LogP contribution < -0.4 is 0 Å². The fourth-order valence-electron chi connectivity index (χ4n) is 2.30. The molecule has 0 spiro atoms. The zero-order valence-electron chi connectivity index (χ0n) is 11.2. The van der Waals surface area contributed by atoms with Crippen LogP contribution in [-0.2, 0) is 4.79 Å². The van der Waals surface area contributed by atoms with E-state index in [9.17, 15) is 9.59 Å². The van der Waals surface area contributed by atoms with Gasteiger partial charge in [-0.2, -0.15) is 0 Å². The lowest BCUT2D eigenvalue weighted by Gasteiger charge is -2.17.